The molecule has 0 aromatic heterocycles. The van der Waals surface area contributed by atoms with Crippen LogP contribution in [0.4, 0.5) is 0 Å². The molecule has 1 heterocycles. The summed E-state index contributed by atoms with van der Waals surface area (Å²) < 4.78 is 5.58. The first kappa shape index (κ1) is 18.0. The molecule has 1 aliphatic heterocycles. The Morgan fingerprint density at radius 1 is 0.654 bits per heavy atom. The maximum Gasteiger partial charge on any atom is 0.118 e. The topological polar surface area (TPSA) is 9.23 Å². The molecular formula is C24H32OSi. The standard InChI is InChI=1S/C24H32OSi/c1-25-22-14-12-20(13-15-22)21-16-18-26(19-17-21,23-8-4-2-5-9-23)24-10-6-3-7-11-24/h2-11,20-22H,12-19H2,1H3. The zero-order chi connectivity index (χ0) is 17.8. The van der Waals surface area contributed by atoms with Gasteiger partial charge in [0.15, 0.2) is 0 Å². The van der Waals surface area contributed by atoms with Gasteiger partial charge < -0.3 is 4.74 Å². The zero-order valence-electron chi connectivity index (χ0n) is 16.1. The molecule has 2 heteroatoms. The molecule has 0 unspecified atom stereocenters. The molecule has 4 rings (SSSR count). The average Bonchev–Trinajstić information content (AvgIpc) is 2.75. The van der Waals surface area contributed by atoms with Crippen LogP contribution in [0, 0.1) is 11.8 Å². The predicted molar refractivity (Wildman–Crippen MR) is 113 cm³/mol. The van der Waals surface area contributed by atoms with Crippen molar-refractivity contribution in [1.82, 2.24) is 0 Å². The molecule has 0 N–H and O–H groups in total. The first-order chi connectivity index (χ1) is 12.8. The van der Waals surface area contributed by atoms with Crippen molar-refractivity contribution >= 4 is 18.4 Å². The molecule has 0 radical (unpaired) electrons. The van der Waals surface area contributed by atoms with E-state index in [4.69, 9.17) is 4.74 Å². The lowest BCUT2D eigenvalue weighted by atomic mass is 9.76. The van der Waals surface area contributed by atoms with Gasteiger partial charge in [-0.3, -0.25) is 0 Å². The van der Waals surface area contributed by atoms with Crippen molar-refractivity contribution in [1.29, 1.82) is 0 Å². The van der Waals surface area contributed by atoms with Gasteiger partial charge in [0.2, 0.25) is 0 Å². The Morgan fingerprint density at radius 2 is 1.12 bits per heavy atom. The van der Waals surface area contributed by atoms with E-state index in [-0.39, 0.29) is 0 Å². The highest BCUT2D eigenvalue weighted by Crippen LogP contribution is 2.41. The maximum atomic E-state index is 5.58. The van der Waals surface area contributed by atoms with Crippen LogP contribution in [0.1, 0.15) is 38.5 Å². The summed E-state index contributed by atoms with van der Waals surface area (Å²) in [5.41, 5.74) is 0. The largest absolute Gasteiger partial charge is 0.381 e. The van der Waals surface area contributed by atoms with Gasteiger partial charge in [-0.25, -0.2) is 0 Å². The molecule has 138 valence electrons. The minimum absolute atomic E-state index is 0.525. The molecule has 1 saturated carbocycles. The summed E-state index contributed by atoms with van der Waals surface area (Å²) in [7, 11) is 0.295. The van der Waals surface area contributed by atoms with Crippen molar-refractivity contribution in [3.05, 3.63) is 60.7 Å². The van der Waals surface area contributed by atoms with Gasteiger partial charge in [-0.15, -0.1) is 0 Å². The SMILES string of the molecule is COC1CCC(C2CC[Si](c3ccccc3)(c3ccccc3)CC2)CC1. The van der Waals surface area contributed by atoms with Crippen molar-refractivity contribution in [2.75, 3.05) is 7.11 Å². The molecule has 1 aliphatic carbocycles. The monoisotopic (exact) mass is 364 g/mol. The number of hydrogen-bond acceptors (Lipinski definition) is 1. The molecule has 1 saturated heterocycles. The van der Waals surface area contributed by atoms with Gasteiger partial charge in [0, 0.05) is 7.11 Å². The van der Waals surface area contributed by atoms with Gasteiger partial charge in [0.1, 0.15) is 8.07 Å². The fourth-order valence-electron chi connectivity index (χ4n) is 5.66. The minimum Gasteiger partial charge on any atom is -0.381 e. The van der Waals surface area contributed by atoms with Crippen LogP contribution < -0.4 is 10.4 Å². The number of hydrogen-bond donors (Lipinski definition) is 0. The first-order valence-electron chi connectivity index (χ1n) is 10.5. The summed E-state index contributed by atoms with van der Waals surface area (Å²) in [5.74, 6) is 1.89. The lowest BCUT2D eigenvalue weighted by Gasteiger charge is -2.43. The highest BCUT2D eigenvalue weighted by Gasteiger charge is 2.42. The van der Waals surface area contributed by atoms with E-state index in [1.165, 1.54) is 50.6 Å². The Hall–Kier alpha value is -1.38. The highest BCUT2D eigenvalue weighted by molar-refractivity contribution is 7.02. The zero-order valence-corrected chi connectivity index (χ0v) is 17.1. The third-order valence-electron chi connectivity index (χ3n) is 7.26. The van der Waals surface area contributed by atoms with E-state index in [9.17, 15) is 0 Å². The van der Waals surface area contributed by atoms with Crippen molar-refractivity contribution in [2.24, 2.45) is 11.8 Å². The number of methoxy groups -OCH3 is 1. The number of ether oxygens (including phenoxy) is 1. The van der Waals surface area contributed by atoms with E-state index >= 15 is 0 Å². The fourth-order valence-corrected chi connectivity index (χ4v) is 10.8. The van der Waals surface area contributed by atoms with Crippen LogP contribution in [0.25, 0.3) is 0 Å². The minimum atomic E-state index is -1.59. The van der Waals surface area contributed by atoms with Crippen molar-refractivity contribution in [2.45, 2.75) is 56.7 Å². The Bertz CT molecular complexity index is 626. The fraction of sp³-hybridized carbons (Fsp3) is 0.500. The Labute approximate surface area is 159 Å². The van der Waals surface area contributed by atoms with Crippen LogP contribution in [0.15, 0.2) is 60.7 Å². The highest BCUT2D eigenvalue weighted by atomic mass is 28.3. The van der Waals surface area contributed by atoms with E-state index in [1.54, 1.807) is 10.4 Å². The summed E-state index contributed by atoms with van der Waals surface area (Å²) in [6.07, 6.45) is 8.70. The van der Waals surface area contributed by atoms with Crippen LogP contribution in [-0.2, 0) is 4.74 Å². The number of benzene rings is 2. The lowest BCUT2D eigenvalue weighted by molar-refractivity contribution is 0.0449. The van der Waals surface area contributed by atoms with Crippen LogP contribution in [-0.4, -0.2) is 21.3 Å². The Kier molecular flexibility index (Phi) is 5.61. The second-order valence-electron chi connectivity index (χ2n) is 8.42. The molecule has 0 spiro atoms. The van der Waals surface area contributed by atoms with E-state index in [0.717, 1.165) is 11.8 Å². The van der Waals surface area contributed by atoms with Gasteiger partial charge in [0.05, 0.1) is 6.10 Å². The third-order valence-corrected chi connectivity index (χ3v) is 12.4. The molecular weight excluding hydrogens is 332 g/mol. The van der Waals surface area contributed by atoms with E-state index in [0.29, 0.717) is 6.10 Å². The van der Waals surface area contributed by atoms with Gasteiger partial charge >= 0.3 is 0 Å². The first-order valence-corrected chi connectivity index (χ1v) is 12.9. The molecule has 0 atom stereocenters. The van der Waals surface area contributed by atoms with Crippen LogP contribution in [0.2, 0.25) is 12.1 Å². The molecule has 26 heavy (non-hydrogen) atoms. The summed E-state index contributed by atoms with van der Waals surface area (Å²) in [6.45, 7) is 0. The molecule has 0 bridgehead atoms. The lowest BCUT2D eigenvalue weighted by Crippen LogP contribution is -2.60. The Morgan fingerprint density at radius 3 is 1.58 bits per heavy atom. The van der Waals surface area contributed by atoms with Gasteiger partial charge in [-0.05, 0) is 49.6 Å². The van der Waals surface area contributed by atoms with E-state index in [2.05, 4.69) is 60.7 Å². The normalized spacial score (nSPS) is 26.5. The van der Waals surface area contributed by atoms with Crippen LogP contribution >= 0.6 is 0 Å². The second kappa shape index (κ2) is 8.10. The summed E-state index contributed by atoms with van der Waals surface area (Å²) in [6, 6.07) is 25.8. The quantitative estimate of drug-likeness (QED) is 0.704. The van der Waals surface area contributed by atoms with Crippen molar-refractivity contribution in [3.8, 4) is 0 Å². The maximum absolute atomic E-state index is 5.58. The smallest absolute Gasteiger partial charge is 0.118 e. The molecule has 0 amide bonds. The van der Waals surface area contributed by atoms with Crippen LogP contribution in [0.5, 0.6) is 0 Å². The van der Waals surface area contributed by atoms with Crippen molar-refractivity contribution in [3.63, 3.8) is 0 Å². The molecule has 1 nitrogen and oxygen atoms in total. The van der Waals surface area contributed by atoms with Gasteiger partial charge in [-0.2, -0.15) is 0 Å². The van der Waals surface area contributed by atoms with Gasteiger partial charge in [-0.1, -0.05) is 83.9 Å². The third kappa shape index (κ3) is 3.54. The summed E-state index contributed by atoms with van der Waals surface area (Å²) in [5, 5.41) is 3.29. The Balaban J connectivity index is 1.52. The van der Waals surface area contributed by atoms with Crippen LogP contribution in [0.3, 0.4) is 0 Å². The predicted octanol–water partition coefficient (Wildman–Crippen LogP) is 4.86. The summed E-state index contributed by atoms with van der Waals surface area (Å²) in [4.78, 5) is 0. The molecule has 2 aliphatic rings. The molecule has 2 aromatic carbocycles. The number of rotatable bonds is 4. The molecule has 2 aromatic rings. The average molecular weight is 365 g/mol. The summed E-state index contributed by atoms with van der Waals surface area (Å²) >= 11 is 0. The van der Waals surface area contributed by atoms with Gasteiger partial charge in [0.25, 0.3) is 0 Å². The van der Waals surface area contributed by atoms with E-state index in [1.807, 2.05) is 7.11 Å². The van der Waals surface area contributed by atoms with Crippen molar-refractivity contribution < 1.29 is 4.74 Å². The van der Waals surface area contributed by atoms with E-state index < -0.39 is 8.07 Å². The molecule has 2 fully saturated rings. The second-order valence-corrected chi connectivity index (χ2v) is 12.7.